The molecule has 0 bridgehead atoms. The summed E-state index contributed by atoms with van der Waals surface area (Å²) in [5.74, 6) is 1.74. The predicted octanol–water partition coefficient (Wildman–Crippen LogP) is 3.56. The van der Waals surface area contributed by atoms with E-state index in [-0.39, 0.29) is 0 Å². The lowest BCUT2D eigenvalue weighted by atomic mass is 10.1. The molecule has 3 rings (SSSR count). The molecule has 2 heterocycles. The fourth-order valence-electron chi connectivity index (χ4n) is 3.46. The molecule has 2 aliphatic heterocycles. The van der Waals surface area contributed by atoms with Crippen molar-refractivity contribution in [2.45, 2.75) is 24.8 Å². The summed E-state index contributed by atoms with van der Waals surface area (Å²) in [6.07, 6.45) is 7.60. The van der Waals surface area contributed by atoms with Crippen molar-refractivity contribution in [3.05, 3.63) is 42.0 Å². The number of allylic oxidation sites excluding steroid dienone is 1. The van der Waals surface area contributed by atoms with E-state index in [0.29, 0.717) is 5.92 Å². The molecule has 24 heavy (non-hydrogen) atoms. The van der Waals surface area contributed by atoms with E-state index >= 15 is 0 Å². The van der Waals surface area contributed by atoms with Crippen LogP contribution in [0.2, 0.25) is 0 Å². The molecule has 0 aliphatic carbocycles. The molecular weight excluding hydrogens is 314 g/mol. The Labute approximate surface area is 150 Å². The van der Waals surface area contributed by atoms with Crippen LogP contribution in [0.15, 0.2) is 46.3 Å². The fraction of sp³-hybridized carbons (Fsp3) is 0.550. The summed E-state index contributed by atoms with van der Waals surface area (Å²) in [5.41, 5.74) is 1.44. The van der Waals surface area contributed by atoms with Crippen molar-refractivity contribution < 1.29 is 0 Å². The van der Waals surface area contributed by atoms with Crippen LogP contribution in [0.4, 0.5) is 0 Å². The fourth-order valence-corrected chi connectivity index (χ4v) is 4.12. The van der Waals surface area contributed by atoms with E-state index in [9.17, 15) is 0 Å². The lowest BCUT2D eigenvalue weighted by Crippen LogP contribution is -2.34. The minimum absolute atomic E-state index is 0.602. The molecule has 0 N–H and O–H groups in total. The predicted molar refractivity (Wildman–Crippen MR) is 105 cm³/mol. The molecule has 0 saturated carbocycles. The van der Waals surface area contributed by atoms with Crippen LogP contribution in [-0.2, 0) is 6.54 Å². The Balaban J connectivity index is 1.46. The van der Waals surface area contributed by atoms with E-state index < -0.39 is 0 Å². The number of benzene rings is 1. The number of aliphatic imine (C=N–C) groups is 1. The van der Waals surface area contributed by atoms with Gasteiger partial charge in [-0.1, -0.05) is 25.1 Å². The highest BCUT2D eigenvalue weighted by Crippen LogP contribution is 2.19. The van der Waals surface area contributed by atoms with Gasteiger partial charge < -0.3 is 4.90 Å². The van der Waals surface area contributed by atoms with Crippen molar-refractivity contribution in [3.8, 4) is 0 Å². The van der Waals surface area contributed by atoms with Gasteiger partial charge in [0.05, 0.1) is 0 Å². The van der Waals surface area contributed by atoms with Crippen LogP contribution in [0.25, 0.3) is 0 Å². The van der Waals surface area contributed by atoms with Crippen LogP contribution in [0.3, 0.4) is 0 Å². The van der Waals surface area contributed by atoms with E-state index in [2.05, 4.69) is 58.1 Å². The van der Waals surface area contributed by atoms with E-state index in [0.717, 1.165) is 25.4 Å². The lowest BCUT2D eigenvalue weighted by molar-refractivity contribution is 0.238. The second-order valence-electron chi connectivity index (χ2n) is 6.67. The second kappa shape index (κ2) is 9.40. The van der Waals surface area contributed by atoms with Gasteiger partial charge in [0.15, 0.2) is 0 Å². The summed E-state index contributed by atoms with van der Waals surface area (Å²) < 4.78 is 0. The third-order valence-electron chi connectivity index (χ3n) is 4.73. The maximum absolute atomic E-state index is 4.39. The van der Waals surface area contributed by atoms with Gasteiger partial charge in [0, 0.05) is 49.8 Å². The van der Waals surface area contributed by atoms with Crippen LogP contribution in [0, 0.1) is 5.92 Å². The quantitative estimate of drug-likeness (QED) is 0.736. The smallest absolute Gasteiger partial charge is 0.0464 e. The highest BCUT2D eigenvalue weighted by Gasteiger charge is 2.18. The minimum Gasteiger partial charge on any atom is -0.301 e. The highest BCUT2D eigenvalue weighted by atomic mass is 32.2. The maximum atomic E-state index is 4.39. The van der Waals surface area contributed by atoms with E-state index in [1.807, 2.05) is 18.0 Å². The molecule has 1 unspecified atom stereocenters. The molecule has 1 saturated heterocycles. The normalized spacial score (nSPS) is 22.6. The Kier molecular flexibility index (Phi) is 6.94. The Morgan fingerprint density at radius 1 is 1.08 bits per heavy atom. The Morgan fingerprint density at radius 3 is 2.62 bits per heavy atom. The summed E-state index contributed by atoms with van der Waals surface area (Å²) in [5, 5.41) is 0. The molecular formula is C20H29N3S. The number of nitrogens with zero attached hydrogens (tertiary/aromatic N) is 3. The first-order chi connectivity index (χ1) is 11.8. The van der Waals surface area contributed by atoms with Crippen LogP contribution < -0.4 is 0 Å². The van der Waals surface area contributed by atoms with Crippen molar-refractivity contribution in [2.24, 2.45) is 10.9 Å². The van der Waals surface area contributed by atoms with Crippen LogP contribution >= 0.6 is 11.8 Å². The summed E-state index contributed by atoms with van der Waals surface area (Å²) in [7, 11) is 0. The van der Waals surface area contributed by atoms with Crippen molar-refractivity contribution in [1.29, 1.82) is 0 Å². The summed E-state index contributed by atoms with van der Waals surface area (Å²) in [6.45, 7) is 10.2. The molecule has 0 amide bonds. The Morgan fingerprint density at radius 2 is 1.88 bits per heavy atom. The highest BCUT2D eigenvalue weighted by molar-refractivity contribution is 7.99. The van der Waals surface area contributed by atoms with Gasteiger partial charge in [0.25, 0.3) is 0 Å². The molecule has 0 aromatic heterocycles. The molecule has 0 spiro atoms. The zero-order chi connectivity index (χ0) is 16.6. The van der Waals surface area contributed by atoms with Gasteiger partial charge >= 0.3 is 0 Å². The maximum Gasteiger partial charge on any atom is 0.0464 e. The van der Waals surface area contributed by atoms with Gasteiger partial charge in [0.2, 0.25) is 0 Å². The van der Waals surface area contributed by atoms with Crippen molar-refractivity contribution in [3.63, 3.8) is 0 Å². The van der Waals surface area contributed by atoms with Crippen molar-refractivity contribution in [1.82, 2.24) is 9.80 Å². The average Bonchev–Trinajstić information content (AvgIpc) is 2.83. The zero-order valence-corrected chi connectivity index (χ0v) is 15.5. The average molecular weight is 344 g/mol. The van der Waals surface area contributed by atoms with Crippen molar-refractivity contribution in [2.75, 3.05) is 45.0 Å². The van der Waals surface area contributed by atoms with Gasteiger partial charge in [0.1, 0.15) is 0 Å². The summed E-state index contributed by atoms with van der Waals surface area (Å²) in [6, 6.07) is 9.13. The molecule has 130 valence electrons. The number of dihydropyridines is 1. The Bertz CT molecular complexity index is 553. The van der Waals surface area contributed by atoms with Gasteiger partial charge in [-0.25, -0.2) is 0 Å². The van der Waals surface area contributed by atoms with Gasteiger partial charge in [-0.05, 0) is 49.0 Å². The third-order valence-corrected chi connectivity index (χ3v) is 5.62. The van der Waals surface area contributed by atoms with Gasteiger partial charge in [-0.2, -0.15) is 0 Å². The van der Waals surface area contributed by atoms with E-state index in [4.69, 9.17) is 0 Å². The van der Waals surface area contributed by atoms with Gasteiger partial charge in [-0.15, -0.1) is 11.8 Å². The van der Waals surface area contributed by atoms with Crippen LogP contribution in [0.1, 0.15) is 18.9 Å². The molecule has 1 fully saturated rings. The number of hydrogen-bond donors (Lipinski definition) is 0. The third kappa shape index (κ3) is 5.47. The summed E-state index contributed by atoms with van der Waals surface area (Å²) >= 11 is 1.91. The molecule has 1 aromatic rings. The van der Waals surface area contributed by atoms with Gasteiger partial charge in [-0.3, -0.25) is 9.89 Å². The lowest BCUT2D eigenvalue weighted by Gasteiger charge is -2.25. The minimum atomic E-state index is 0.602. The van der Waals surface area contributed by atoms with E-state index in [1.165, 1.54) is 43.1 Å². The Hall–Kier alpha value is -1.10. The standard InChI is InChI=1S/C20H29N3S/c1-2-24-20-8-6-18(7-9-20)16-22-11-4-12-23(14-13-22)17-19-5-3-10-21-15-19/h3,5-10,19H,2,4,11-17H2,1H3. The molecule has 4 heteroatoms. The van der Waals surface area contributed by atoms with Crippen LogP contribution in [0.5, 0.6) is 0 Å². The zero-order valence-electron chi connectivity index (χ0n) is 14.7. The van der Waals surface area contributed by atoms with Crippen molar-refractivity contribution >= 4 is 18.0 Å². The number of hydrogen-bond acceptors (Lipinski definition) is 4. The van der Waals surface area contributed by atoms with Crippen LogP contribution in [-0.4, -0.2) is 61.0 Å². The monoisotopic (exact) mass is 343 g/mol. The largest absolute Gasteiger partial charge is 0.301 e. The molecule has 1 atom stereocenters. The first-order valence-electron chi connectivity index (χ1n) is 9.16. The second-order valence-corrected chi connectivity index (χ2v) is 8.00. The topological polar surface area (TPSA) is 18.8 Å². The number of rotatable bonds is 6. The number of thioether (sulfide) groups is 1. The SMILES string of the molecule is CCSc1ccc(CN2CCCN(CC3C=CC=NC3)CC2)cc1. The molecule has 3 nitrogen and oxygen atoms in total. The van der Waals surface area contributed by atoms with E-state index in [1.54, 1.807) is 0 Å². The molecule has 0 radical (unpaired) electrons. The molecule has 2 aliphatic rings. The molecule has 1 aromatic carbocycles. The first kappa shape index (κ1) is 17.7. The summed E-state index contributed by atoms with van der Waals surface area (Å²) in [4.78, 5) is 11.0. The first-order valence-corrected chi connectivity index (χ1v) is 10.1.